The standard InChI is InChI=1S/C17H19NO3/c19-17(20)16-13-6-1-2-7-14(13)21-15(16)10-18-8-11-4-3-5-12(11)9-18/h1-2,6-7,11-12H,3-5,8-10H2,(H,19,20). The van der Waals surface area contributed by atoms with Gasteiger partial charge in [0.15, 0.2) is 0 Å². The summed E-state index contributed by atoms with van der Waals surface area (Å²) in [7, 11) is 0. The van der Waals surface area contributed by atoms with Crippen LogP contribution in [0.4, 0.5) is 0 Å². The Labute approximate surface area is 123 Å². The van der Waals surface area contributed by atoms with Crippen molar-refractivity contribution >= 4 is 16.9 Å². The molecule has 4 rings (SSSR count). The summed E-state index contributed by atoms with van der Waals surface area (Å²) in [5.74, 6) is 1.32. The molecule has 2 aliphatic rings. The van der Waals surface area contributed by atoms with Crippen LogP contribution >= 0.6 is 0 Å². The van der Waals surface area contributed by atoms with E-state index in [0.717, 1.165) is 24.9 Å². The van der Waals surface area contributed by atoms with Crippen LogP contribution in [-0.2, 0) is 6.54 Å². The second-order valence-electron chi connectivity index (χ2n) is 6.35. The van der Waals surface area contributed by atoms with Crippen LogP contribution in [0.1, 0.15) is 35.4 Å². The Morgan fingerprint density at radius 1 is 1.24 bits per heavy atom. The van der Waals surface area contributed by atoms with Gasteiger partial charge in [-0.15, -0.1) is 0 Å². The maximum absolute atomic E-state index is 11.6. The highest BCUT2D eigenvalue weighted by atomic mass is 16.4. The lowest BCUT2D eigenvalue weighted by atomic mass is 10.0. The van der Waals surface area contributed by atoms with Gasteiger partial charge in [0.05, 0.1) is 6.54 Å². The van der Waals surface area contributed by atoms with Gasteiger partial charge in [0, 0.05) is 18.5 Å². The molecule has 0 bridgehead atoms. The van der Waals surface area contributed by atoms with E-state index in [-0.39, 0.29) is 0 Å². The van der Waals surface area contributed by atoms with Gasteiger partial charge in [-0.05, 0) is 30.7 Å². The van der Waals surface area contributed by atoms with Crippen LogP contribution in [0.3, 0.4) is 0 Å². The number of nitrogens with zero attached hydrogens (tertiary/aromatic N) is 1. The van der Waals surface area contributed by atoms with Gasteiger partial charge in [0.1, 0.15) is 16.9 Å². The highest BCUT2D eigenvalue weighted by Crippen LogP contribution is 2.38. The van der Waals surface area contributed by atoms with Crippen molar-refractivity contribution in [3.8, 4) is 0 Å². The van der Waals surface area contributed by atoms with Gasteiger partial charge in [-0.25, -0.2) is 4.79 Å². The average molecular weight is 285 g/mol. The van der Waals surface area contributed by atoms with Gasteiger partial charge in [-0.2, -0.15) is 0 Å². The van der Waals surface area contributed by atoms with Crippen LogP contribution in [0, 0.1) is 11.8 Å². The molecule has 1 N–H and O–H groups in total. The minimum atomic E-state index is -0.894. The summed E-state index contributed by atoms with van der Waals surface area (Å²) < 4.78 is 5.82. The van der Waals surface area contributed by atoms with Crippen LogP contribution in [0.5, 0.6) is 0 Å². The van der Waals surface area contributed by atoms with Crippen LogP contribution in [-0.4, -0.2) is 29.1 Å². The zero-order valence-electron chi connectivity index (χ0n) is 11.9. The van der Waals surface area contributed by atoms with E-state index in [9.17, 15) is 9.90 Å². The van der Waals surface area contributed by atoms with E-state index in [1.165, 1.54) is 19.3 Å². The number of hydrogen-bond donors (Lipinski definition) is 1. The molecule has 0 amide bonds. The van der Waals surface area contributed by atoms with Crippen LogP contribution in [0.25, 0.3) is 11.0 Å². The molecule has 1 aliphatic heterocycles. The van der Waals surface area contributed by atoms with Crippen molar-refractivity contribution in [1.29, 1.82) is 0 Å². The lowest BCUT2D eigenvalue weighted by molar-refractivity contribution is 0.0694. The Bertz CT molecular complexity index is 678. The fourth-order valence-electron chi connectivity index (χ4n) is 4.11. The average Bonchev–Trinajstić information content (AvgIpc) is 3.09. The van der Waals surface area contributed by atoms with Crippen molar-refractivity contribution in [2.45, 2.75) is 25.8 Å². The summed E-state index contributed by atoms with van der Waals surface area (Å²) in [6, 6.07) is 7.39. The number of fused-ring (bicyclic) bond motifs is 2. The maximum Gasteiger partial charge on any atom is 0.339 e. The summed E-state index contributed by atoms with van der Waals surface area (Å²) in [5.41, 5.74) is 1.01. The smallest absolute Gasteiger partial charge is 0.339 e. The maximum atomic E-state index is 11.6. The number of carboxylic acids is 1. The molecule has 4 nitrogen and oxygen atoms in total. The molecule has 2 heterocycles. The number of rotatable bonds is 3. The summed E-state index contributed by atoms with van der Waals surface area (Å²) in [4.78, 5) is 13.9. The molecule has 110 valence electrons. The van der Waals surface area contributed by atoms with Gasteiger partial charge >= 0.3 is 5.97 Å². The van der Waals surface area contributed by atoms with E-state index >= 15 is 0 Å². The third-order valence-electron chi connectivity index (χ3n) is 5.05. The molecule has 1 saturated carbocycles. The molecule has 21 heavy (non-hydrogen) atoms. The number of benzene rings is 1. The number of carbonyl (C=O) groups is 1. The lowest BCUT2D eigenvalue weighted by Gasteiger charge is -2.15. The van der Waals surface area contributed by atoms with Crippen molar-refractivity contribution in [1.82, 2.24) is 4.90 Å². The highest BCUT2D eigenvalue weighted by Gasteiger charge is 2.36. The summed E-state index contributed by atoms with van der Waals surface area (Å²) in [6.07, 6.45) is 4.01. The highest BCUT2D eigenvalue weighted by molar-refractivity contribution is 6.03. The van der Waals surface area contributed by atoms with Crippen molar-refractivity contribution in [2.75, 3.05) is 13.1 Å². The lowest BCUT2D eigenvalue weighted by Crippen LogP contribution is -2.21. The third-order valence-corrected chi connectivity index (χ3v) is 5.05. The molecule has 1 aromatic heterocycles. The fourth-order valence-corrected chi connectivity index (χ4v) is 4.11. The first-order valence-corrected chi connectivity index (χ1v) is 7.68. The van der Waals surface area contributed by atoms with E-state index in [2.05, 4.69) is 4.90 Å². The first-order valence-electron chi connectivity index (χ1n) is 7.68. The second-order valence-corrected chi connectivity index (χ2v) is 6.35. The van der Waals surface area contributed by atoms with Gasteiger partial charge in [0.2, 0.25) is 0 Å². The van der Waals surface area contributed by atoms with Crippen molar-refractivity contribution in [3.05, 3.63) is 35.6 Å². The number of carboxylic acid groups (broad SMARTS) is 1. The van der Waals surface area contributed by atoms with Crippen molar-refractivity contribution < 1.29 is 14.3 Å². The molecule has 1 aliphatic carbocycles. The first kappa shape index (κ1) is 12.9. The molecule has 2 aromatic rings. The Kier molecular flexibility index (Phi) is 3.00. The molecule has 2 atom stereocenters. The molecular weight excluding hydrogens is 266 g/mol. The van der Waals surface area contributed by atoms with Crippen LogP contribution in [0.2, 0.25) is 0 Å². The molecule has 2 unspecified atom stereocenters. The molecule has 0 radical (unpaired) electrons. The third kappa shape index (κ3) is 2.14. The predicted molar refractivity (Wildman–Crippen MR) is 79.3 cm³/mol. The quantitative estimate of drug-likeness (QED) is 0.939. The molecule has 2 fully saturated rings. The molecule has 4 heteroatoms. The monoisotopic (exact) mass is 285 g/mol. The number of aromatic carboxylic acids is 1. The zero-order chi connectivity index (χ0) is 14.4. The molecule has 1 saturated heterocycles. The Morgan fingerprint density at radius 3 is 2.67 bits per heavy atom. The summed E-state index contributed by atoms with van der Waals surface area (Å²) >= 11 is 0. The molecule has 0 spiro atoms. The normalized spacial score (nSPS) is 25.5. The van der Waals surface area contributed by atoms with Crippen molar-refractivity contribution in [3.63, 3.8) is 0 Å². The minimum Gasteiger partial charge on any atom is -0.478 e. The fraction of sp³-hybridized carbons (Fsp3) is 0.471. The van der Waals surface area contributed by atoms with E-state index in [4.69, 9.17) is 4.42 Å². The number of hydrogen-bond acceptors (Lipinski definition) is 3. The van der Waals surface area contributed by atoms with Gasteiger partial charge < -0.3 is 9.52 Å². The van der Waals surface area contributed by atoms with Crippen LogP contribution < -0.4 is 0 Å². The zero-order valence-corrected chi connectivity index (χ0v) is 11.9. The number of para-hydroxylation sites is 1. The second kappa shape index (κ2) is 4.88. The van der Waals surface area contributed by atoms with E-state index in [1.807, 2.05) is 24.3 Å². The summed E-state index contributed by atoms with van der Waals surface area (Å²) in [6.45, 7) is 2.78. The Hall–Kier alpha value is -1.81. The molecule has 1 aromatic carbocycles. The largest absolute Gasteiger partial charge is 0.478 e. The topological polar surface area (TPSA) is 53.7 Å². The number of furan rings is 1. The molecular formula is C17H19NO3. The number of likely N-dealkylation sites (tertiary alicyclic amines) is 1. The Morgan fingerprint density at radius 2 is 1.95 bits per heavy atom. The van der Waals surface area contributed by atoms with Crippen LogP contribution in [0.15, 0.2) is 28.7 Å². The van der Waals surface area contributed by atoms with Gasteiger partial charge in [-0.1, -0.05) is 24.6 Å². The van der Waals surface area contributed by atoms with E-state index in [1.54, 1.807) is 0 Å². The Balaban J connectivity index is 1.64. The SMILES string of the molecule is O=C(O)c1c(CN2CC3CCCC3C2)oc2ccccc12. The minimum absolute atomic E-state index is 0.336. The van der Waals surface area contributed by atoms with Gasteiger partial charge in [0.25, 0.3) is 0 Å². The summed E-state index contributed by atoms with van der Waals surface area (Å²) in [5, 5.41) is 10.2. The van der Waals surface area contributed by atoms with E-state index in [0.29, 0.717) is 28.8 Å². The van der Waals surface area contributed by atoms with E-state index < -0.39 is 5.97 Å². The van der Waals surface area contributed by atoms with Gasteiger partial charge in [-0.3, -0.25) is 4.90 Å². The van der Waals surface area contributed by atoms with Crippen molar-refractivity contribution in [2.24, 2.45) is 11.8 Å². The first-order chi connectivity index (χ1) is 10.2. The predicted octanol–water partition coefficient (Wildman–Crippen LogP) is 3.36.